The third-order valence-corrected chi connectivity index (χ3v) is 6.27. The van der Waals surface area contributed by atoms with Crippen LogP contribution in [0, 0.1) is 0 Å². The molecule has 2 fully saturated rings. The molecule has 1 aromatic rings. The van der Waals surface area contributed by atoms with Gasteiger partial charge < -0.3 is 29.3 Å². The van der Waals surface area contributed by atoms with E-state index in [1.807, 2.05) is 56.0 Å². The molecule has 2 heterocycles. The summed E-state index contributed by atoms with van der Waals surface area (Å²) in [4.78, 5) is 40.0. The summed E-state index contributed by atoms with van der Waals surface area (Å²) in [6.45, 7) is 8.88. The molecule has 36 heavy (non-hydrogen) atoms. The number of ether oxygens (including phenoxy) is 3. The number of hydrogen-bond donors (Lipinski definition) is 1. The molecular formula is C27H41N3O6. The molecule has 0 aliphatic carbocycles. The van der Waals surface area contributed by atoms with E-state index in [4.69, 9.17) is 14.2 Å². The van der Waals surface area contributed by atoms with Gasteiger partial charge in [0.1, 0.15) is 12.2 Å². The van der Waals surface area contributed by atoms with Crippen molar-refractivity contribution < 1.29 is 28.6 Å². The van der Waals surface area contributed by atoms with Crippen molar-refractivity contribution >= 4 is 18.1 Å². The molecular weight excluding hydrogens is 462 g/mol. The second-order valence-corrected chi connectivity index (χ2v) is 10.5. The molecule has 0 unspecified atom stereocenters. The Morgan fingerprint density at radius 2 is 1.67 bits per heavy atom. The molecule has 1 aromatic carbocycles. The summed E-state index contributed by atoms with van der Waals surface area (Å²) in [6, 6.07) is 9.68. The summed E-state index contributed by atoms with van der Waals surface area (Å²) in [5.41, 5.74) is 0.457. The van der Waals surface area contributed by atoms with Gasteiger partial charge in [-0.3, -0.25) is 4.79 Å². The van der Waals surface area contributed by atoms with Crippen LogP contribution in [0.15, 0.2) is 30.3 Å². The van der Waals surface area contributed by atoms with E-state index in [-0.39, 0.29) is 30.8 Å². The van der Waals surface area contributed by atoms with Crippen LogP contribution in [0.3, 0.4) is 0 Å². The number of hydrogen-bond acceptors (Lipinski definition) is 6. The first-order valence-electron chi connectivity index (χ1n) is 13.0. The Balaban J connectivity index is 1.16. The van der Waals surface area contributed by atoms with Gasteiger partial charge in [-0.2, -0.15) is 0 Å². The molecule has 2 aliphatic rings. The predicted octanol–water partition coefficient (Wildman–Crippen LogP) is 4.10. The Kier molecular flexibility index (Phi) is 10.4. The molecule has 0 bridgehead atoms. The van der Waals surface area contributed by atoms with Gasteiger partial charge in [-0.25, -0.2) is 9.59 Å². The Morgan fingerprint density at radius 3 is 2.33 bits per heavy atom. The van der Waals surface area contributed by atoms with Crippen molar-refractivity contribution in [2.75, 3.05) is 32.8 Å². The maximum Gasteiger partial charge on any atom is 0.410 e. The summed E-state index contributed by atoms with van der Waals surface area (Å²) in [5.74, 6) is 0.176. The van der Waals surface area contributed by atoms with Crippen molar-refractivity contribution in [2.45, 2.75) is 83.6 Å². The first-order valence-corrected chi connectivity index (χ1v) is 13.0. The van der Waals surface area contributed by atoms with E-state index in [0.29, 0.717) is 39.2 Å². The molecule has 200 valence electrons. The van der Waals surface area contributed by atoms with Crippen LogP contribution in [0.2, 0.25) is 0 Å². The molecule has 1 N–H and O–H groups in total. The lowest BCUT2D eigenvalue weighted by Crippen LogP contribution is -2.54. The minimum absolute atomic E-state index is 0.0502. The van der Waals surface area contributed by atoms with Gasteiger partial charge in [0.2, 0.25) is 5.91 Å². The van der Waals surface area contributed by atoms with E-state index in [2.05, 4.69) is 5.32 Å². The number of piperidine rings is 1. The van der Waals surface area contributed by atoms with E-state index in [0.717, 1.165) is 37.7 Å². The number of likely N-dealkylation sites (tertiary alicyclic amines) is 2. The lowest BCUT2D eigenvalue weighted by molar-refractivity contribution is -0.132. The minimum Gasteiger partial charge on any atom is -0.445 e. The number of nitrogens with zero attached hydrogens (tertiary/aromatic N) is 2. The fourth-order valence-electron chi connectivity index (χ4n) is 4.21. The summed E-state index contributed by atoms with van der Waals surface area (Å²) >= 11 is 0. The third-order valence-electron chi connectivity index (χ3n) is 6.27. The van der Waals surface area contributed by atoms with Gasteiger partial charge in [-0.05, 0) is 52.0 Å². The van der Waals surface area contributed by atoms with Crippen LogP contribution in [0.1, 0.15) is 64.9 Å². The minimum atomic E-state index is -0.513. The molecule has 0 radical (unpaired) electrons. The summed E-state index contributed by atoms with van der Waals surface area (Å²) in [6.07, 6.45) is 4.05. The summed E-state index contributed by atoms with van der Waals surface area (Å²) < 4.78 is 16.5. The Bertz CT molecular complexity index is 843. The topological polar surface area (TPSA) is 97.4 Å². The second kappa shape index (κ2) is 13.5. The largest absolute Gasteiger partial charge is 0.445 e. The molecule has 9 heteroatoms. The van der Waals surface area contributed by atoms with Crippen molar-refractivity contribution in [1.29, 1.82) is 0 Å². The van der Waals surface area contributed by atoms with E-state index < -0.39 is 11.7 Å². The van der Waals surface area contributed by atoms with Crippen LogP contribution in [0.4, 0.5) is 9.59 Å². The Hall–Kier alpha value is -2.81. The van der Waals surface area contributed by atoms with Crippen LogP contribution >= 0.6 is 0 Å². The lowest BCUT2D eigenvalue weighted by atomic mass is 10.0. The number of carbonyl (C=O) groups excluding carboxylic acids is 3. The summed E-state index contributed by atoms with van der Waals surface area (Å²) in [5, 5.41) is 2.90. The molecule has 9 nitrogen and oxygen atoms in total. The van der Waals surface area contributed by atoms with Crippen LogP contribution in [-0.4, -0.2) is 78.4 Å². The van der Waals surface area contributed by atoms with E-state index in [1.54, 1.807) is 4.90 Å². The molecule has 0 atom stereocenters. The van der Waals surface area contributed by atoms with Crippen molar-refractivity contribution in [2.24, 2.45) is 0 Å². The molecule has 2 aliphatic heterocycles. The number of alkyl carbamates (subject to hydrolysis) is 1. The molecule has 0 saturated carbocycles. The van der Waals surface area contributed by atoms with E-state index >= 15 is 0 Å². The average Bonchev–Trinajstić information content (AvgIpc) is 2.80. The zero-order valence-electron chi connectivity index (χ0n) is 21.9. The maximum absolute atomic E-state index is 12.5. The highest BCUT2D eigenvalue weighted by Crippen LogP contribution is 2.17. The van der Waals surface area contributed by atoms with Crippen molar-refractivity contribution in [1.82, 2.24) is 15.1 Å². The van der Waals surface area contributed by atoms with E-state index in [1.165, 1.54) is 0 Å². The van der Waals surface area contributed by atoms with Crippen LogP contribution < -0.4 is 5.32 Å². The predicted molar refractivity (Wildman–Crippen MR) is 135 cm³/mol. The van der Waals surface area contributed by atoms with Gasteiger partial charge in [-0.15, -0.1) is 0 Å². The highest BCUT2D eigenvalue weighted by atomic mass is 16.6. The molecule has 2 saturated heterocycles. The number of nitrogens with one attached hydrogen (secondary N) is 1. The molecule has 3 amide bonds. The summed E-state index contributed by atoms with van der Waals surface area (Å²) in [7, 11) is 0. The maximum atomic E-state index is 12.5. The Labute approximate surface area is 214 Å². The SMILES string of the molecule is CC(C)(C)OC(=O)NC1CCN(C(=O)CCCCCOC2CN(C(=O)OCc3ccccc3)C2)CC1. The fraction of sp³-hybridized carbons (Fsp3) is 0.667. The van der Waals surface area contributed by atoms with Gasteiger partial charge in [0.15, 0.2) is 0 Å². The Morgan fingerprint density at radius 1 is 0.972 bits per heavy atom. The van der Waals surface area contributed by atoms with Gasteiger partial charge in [0, 0.05) is 32.2 Å². The molecule has 3 rings (SSSR count). The standard InChI is InChI=1S/C27H41N3O6/c1-27(2,3)36-25(32)28-22-13-15-29(16-14-22)24(31)12-8-5-9-17-34-23-18-30(19-23)26(33)35-20-21-10-6-4-7-11-21/h4,6-7,10-11,22-23H,5,8-9,12-20H2,1-3H3,(H,28,32). The monoisotopic (exact) mass is 503 g/mol. The first-order chi connectivity index (χ1) is 17.2. The van der Waals surface area contributed by atoms with Crippen molar-refractivity contribution in [3.8, 4) is 0 Å². The number of rotatable bonds is 10. The van der Waals surface area contributed by atoms with Gasteiger partial charge in [-0.1, -0.05) is 36.8 Å². The van der Waals surface area contributed by atoms with Crippen LogP contribution in [0.5, 0.6) is 0 Å². The van der Waals surface area contributed by atoms with Crippen molar-refractivity contribution in [3.63, 3.8) is 0 Å². The fourth-order valence-corrected chi connectivity index (χ4v) is 4.21. The third kappa shape index (κ3) is 9.68. The number of benzene rings is 1. The van der Waals surface area contributed by atoms with Crippen LogP contribution in [0.25, 0.3) is 0 Å². The molecule has 0 spiro atoms. The highest BCUT2D eigenvalue weighted by molar-refractivity contribution is 5.76. The quantitative estimate of drug-likeness (QED) is 0.483. The van der Waals surface area contributed by atoms with Gasteiger partial charge in [0.25, 0.3) is 0 Å². The van der Waals surface area contributed by atoms with Crippen molar-refractivity contribution in [3.05, 3.63) is 35.9 Å². The number of unbranched alkanes of at least 4 members (excludes halogenated alkanes) is 2. The smallest absolute Gasteiger partial charge is 0.410 e. The first kappa shape index (κ1) is 27.8. The van der Waals surface area contributed by atoms with E-state index in [9.17, 15) is 14.4 Å². The van der Waals surface area contributed by atoms with Crippen LogP contribution in [-0.2, 0) is 25.6 Å². The highest BCUT2D eigenvalue weighted by Gasteiger charge is 2.32. The second-order valence-electron chi connectivity index (χ2n) is 10.5. The zero-order valence-corrected chi connectivity index (χ0v) is 21.9. The van der Waals surface area contributed by atoms with Gasteiger partial charge >= 0.3 is 12.2 Å². The number of carbonyl (C=O) groups is 3. The lowest BCUT2D eigenvalue weighted by Gasteiger charge is -2.37. The normalized spacial score (nSPS) is 16.9. The average molecular weight is 504 g/mol. The molecule has 0 aromatic heterocycles. The zero-order chi connectivity index (χ0) is 26.0. The van der Waals surface area contributed by atoms with Gasteiger partial charge in [0.05, 0.1) is 19.2 Å². The number of amides is 3.